The van der Waals surface area contributed by atoms with Gasteiger partial charge < -0.3 is 10.6 Å². The molecule has 0 aromatic heterocycles. The van der Waals surface area contributed by atoms with E-state index >= 15 is 0 Å². The first-order valence-corrected chi connectivity index (χ1v) is 9.89. The summed E-state index contributed by atoms with van der Waals surface area (Å²) in [5, 5.41) is 5.96. The minimum Gasteiger partial charge on any atom is -0.336 e. The smallest absolute Gasteiger partial charge is 0.226 e. The molecular weight excluding hydrogens is 360 g/mol. The molecule has 0 aliphatic carbocycles. The van der Waals surface area contributed by atoms with E-state index in [1.807, 2.05) is 78.9 Å². The Morgan fingerprint density at radius 2 is 0.966 bits per heavy atom. The van der Waals surface area contributed by atoms with E-state index in [2.05, 4.69) is 22.8 Å². The summed E-state index contributed by atoms with van der Waals surface area (Å²) in [4.78, 5) is 25.0. The van der Waals surface area contributed by atoms with Gasteiger partial charge in [0.2, 0.25) is 11.8 Å². The lowest BCUT2D eigenvalue weighted by Gasteiger charge is -2.21. The number of amides is 2. The molecule has 0 radical (unpaired) electrons. The van der Waals surface area contributed by atoms with Crippen LogP contribution in [0.2, 0.25) is 0 Å². The van der Waals surface area contributed by atoms with E-state index in [-0.39, 0.29) is 24.7 Å². The molecule has 0 saturated carbocycles. The Labute approximate surface area is 172 Å². The molecule has 0 saturated heterocycles. The van der Waals surface area contributed by atoms with Gasteiger partial charge in [-0.2, -0.15) is 0 Å². The molecule has 3 rings (SSSR count). The molecule has 29 heavy (non-hydrogen) atoms. The fraction of sp³-hybridized carbons (Fsp3) is 0.200. The molecule has 0 bridgehead atoms. The minimum atomic E-state index is -0.414. The van der Waals surface area contributed by atoms with Crippen molar-refractivity contribution in [2.24, 2.45) is 0 Å². The number of rotatable bonds is 9. The van der Waals surface area contributed by atoms with E-state index in [9.17, 15) is 9.59 Å². The molecule has 2 amide bonds. The van der Waals surface area contributed by atoms with Gasteiger partial charge in [0.05, 0.1) is 12.8 Å². The van der Waals surface area contributed by atoms with Crippen molar-refractivity contribution < 1.29 is 9.59 Å². The summed E-state index contributed by atoms with van der Waals surface area (Å²) in [7, 11) is 0. The van der Waals surface area contributed by atoms with Crippen LogP contribution in [0.1, 0.15) is 23.1 Å². The molecule has 0 atom stereocenters. The third-order valence-corrected chi connectivity index (χ3v) is 4.65. The summed E-state index contributed by atoms with van der Waals surface area (Å²) < 4.78 is 0. The molecule has 2 N–H and O–H groups in total. The Morgan fingerprint density at radius 3 is 1.38 bits per heavy atom. The quantitative estimate of drug-likeness (QED) is 0.552. The normalized spacial score (nSPS) is 10.5. The first-order chi connectivity index (χ1) is 14.2. The summed E-state index contributed by atoms with van der Waals surface area (Å²) in [6.07, 6.45) is 1.56. The maximum absolute atomic E-state index is 12.5. The largest absolute Gasteiger partial charge is 0.336 e. The predicted octanol–water partition coefficient (Wildman–Crippen LogP) is 3.66. The Balaban J connectivity index is 1.60. The van der Waals surface area contributed by atoms with Gasteiger partial charge in [-0.05, 0) is 29.5 Å². The summed E-state index contributed by atoms with van der Waals surface area (Å²) >= 11 is 0. The first-order valence-electron chi connectivity index (χ1n) is 9.89. The predicted molar refractivity (Wildman–Crippen MR) is 115 cm³/mol. The standard InChI is InChI=1S/C25H26N2O2/c28-24(18-21-12-6-2-7-13-21)26-23(17-16-20-10-4-1-5-11-20)27-25(29)19-22-14-8-3-9-15-22/h1-15,23H,16-19H2,(H,26,28)(H,27,29). The fourth-order valence-corrected chi connectivity index (χ4v) is 3.19. The highest BCUT2D eigenvalue weighted by atomic mass is 16.2. The average molecular weight is 386 g/mol. The fourth-order valence-electron chi connectivity index (χ4n) is 3.19. The lowest BCUT2D eigenvalue weighted by Crippen LogP contribution is -2.49. The van der Waals surface area contributed by atoms with Gasteiger partial charge in [-0.3, -0.25) is 9.59 Å². The molecule has 0 unspecified atom stereocenters. The lowest BCUT2D eigenvalue weighted by atomic mass is 10.1. The van der Waals surface area contributed by atoms with Crippen molar-refractivity contribution in [1.82, 2.24) is 10.6 Å². The molecule has 0 heterocycles. The molecule has 3 aromatic rings. The Kier molecular flexibility index (Phi) is 7.58. The van der Waals surface area contributed by atoms with Crippen LogP contribution in [0.5, 0.6) is 0 Å². The lowest BCUT2D eigenvalue weighted by molar-refractivity contribution is -0.123. The van der Waals surface area contributed by atoms with Crippen molar-refractivity contribution in [2.75, 3.05) is 0 Å². The highest BCUT2D eigenvalue weighted by Gasteiger charge is 2.16. The van der Waals surface area contributed by atoms with Gasteiger partial charge in [0.25, 0.3) is 0 Å². The minimum absolute atomic E-state index is 0.103. The summed E-state index contributed by atoms with van der Waals surface area (Å²) in [6.45, 7) is 0. The van der Waals surface area contributed by atoms with Crippen LogP contribution in [0.4, 0.5) is 0 Å². The Bertz CT molecular complexity index is 840. The molecule has 4 nitrogen and oxygen atoms in total. The summed E-state index contributed by atoms with van der Waals surface area (Å²) in [5.74, 6) is -0.205. The molecule has 0 spiro atoms. The van der Waals surface area contributed by atoms with Gasteiger partial charge in [-0.1, -0.05) is 91.0 Å². The third-order valence-electron chi connectivity index (χ3n) is 4.65. The van der Waals surface area contributed by atoms with Crippen LogP contribution < -0.4 is 10.6 Å². The number of carbonyl (C=O) groups is 2. The van der Waals surface area contributed by atoms with Crippen molar-refractivity contribution >= 4 is 11.8 Å². The highest BCUT2D eigenvalue weighted by Crippen LogP contribution is 2.06. The monoisotopic (exact) mass is 386 g/mol. The number of aryl methyl sites for hydroxylation is 1. The van der Waals surface area contributed by atoms with Crippen LogP contribution in [0.25, 0.3) is 0 Å². The van der Waals surface area contributed by atoms with E-state index < -0.39 is 6.17 Å². The van der Waals surface area contributed by atoms with Crippen LogP contribution >= 0.6 is 0 Å². The molecule has 0 aliphatic heterocycles. The van der Waals surface area contributed by atoms with E-state index in [0.29, 0.717) is 6.42 Å². The van der Waals surface area contributed by atoms with E-state index in [4.69, 9.17) is 0 Å². The van der Waals surface area contributed by atoms with Crippen molar-refractivity contribution in [1.29, 1.82) is 0 Å². The zero-order valence-corrected chi connectivity index (χ0v) is 16.4. The van der Waals surface area contributed by atoms with Crippen LogP contribution in [0, 0.1) is 0 Å². The summed E-state index contributed by atoms with van der Waals surface area (Å²) in [5.41, 5.74) is 3.07. The first kappa shape index (κ1) is 20.3. The molecule has 0 fully saturated rings. The van der Waals surface area contributed by atoms with Gasteiger partial charge in [0, 0.05) is 0 Å². The number of benzene rings is 3. The molecule has 148 valence electrons. The van der Waals surface area contributed by atoms with Gasteiger partial charge in [-0.15, -0.1) is 0 Å². The Morgan fingerprint density at radius 1 is 0.586 bits per heavy atom. The molecule has 4 heteroatoms. The maximum atomic E-state index is 12.5. The zero-order valence-electron chi connectivity index (χ0n) is 16.4. The zero-order chi connectivity index (χ0) is 20.3. The van der Waals surface area contributed by atoms with E-state index in [1.165, 1.54) is 5.56 Å². The van der Waals surface area contributed by atoms with Crippen molar-refractivity contribution in [3.8, 4) is 0 Å². The van der Waals surface area contributed by atoms with Gasteiger partial charge >= 0.3 is 0 Å². The molecule has 0 aliphatic rings. The topological polar surface area (TPSA) is 58.2 Å². The SMILES string of the molecule is O=C(Cc1ccccc1)NC(CCc1ccccc1)NC(=O)Cc1ccccc1. The van der Waals surface area contributed by atoms with Crippen molar-refractivity contribution in [3.05, 3.63) is 108 Å². The van der Waals surface area contributed by atoms with Gasteiger partial charge in [-0.25, -0.2) is 0 Å². The van der Waals surface area contributed by atoms with E-state index in [0.717, 1.165) is 17.5 Å². The van der Waals surface area contributed by atoms with Gasteiger partial charge in [0.1, 0.15) is 6.17 Å². The second-order valence-corrected chi connectivity index (χ2v) is 7.04. The number of hydrogen-bond acceptors (Lipinski definition) is 2. The summed E-state index contributed by atoms with van der Waals surface area (Å²) in [6, 6.07) is 29.3. The van der Waals surface area contributed by atoms with Crippen molar-refractivity contribution in [3.63, 3.8) is 0 Å². The number of hydrogen-bond donors (Lipinski definition) is 2. The Hall–Kier alpha value is -3.40. The van der Waals surface area contributed by atoms with Crippen LogP contribution in [0.15, 0.2) is 91.0 Å². The van der Waals surface area contributed by atoms with Crippen molar-refractivity contribution in [2.45, 2.75) is 31.8 Å². The highest BCUT2D eigenvalue weighted by molar-refractivity contribution is 5.81. The second-order valence-electron chi connectivity index (χ2n) is 7.04. The molecule has 3 aromatic carbocycles. The third kappa shape index (κ3) is 7.26. The number of nitrogens with one attached hydrogen (secondary N) is 2. The number of carbonyl (C=O) groups excluding carboxylic acids is 2. The maximum Gasteiger partial charge on any atom is 0.226 e. The van der Waals surface area contributed by atoms with Crippen LogP contribution in [0.3, 0.4) is 0 Å². The molecular formula is C25H26N2O2. The van der Waals surface area contributed by atoms with Crippen LogP contribution in [-0.4, -0.2) is 18.0 Å². The van der Waals surface area contributed by atoms with Gasteiger partial charge in [0.15, 0.2) is 0 Å². The average Bonchev–Trinajstić information content (AvgIpc) is 2.74. The second kappa shape index (κ2) is 10.8. The van der Waals surface area contributed by atoms with E-state index in [1.54, 1.807) is 0 Å². The van der Waals surface area contributed by atoms with Crippen LogP contribution in [-0.2, 0) is 28.9 Å².